The molecule has 0 atom stereocenters. The second-order valence-electron chi connectivity index (χ2n) is 6.54. The fraction of sp³-hybridized carbons (Fsp3) is 0.500. The molecule has 126 valence electrons. The van der Waals surface area contributed by atoms with E-state index < -0.39 is 0 Å². The number of aryl methyl sites for hydroxylation is 1. The minimum atomic E-state index is -0.0121. The molecule has 2 aromatic heterocycles. The van der Waals surface area contributed by atoms with Gasteiger partial charge in [0.15, 0.2) is 0 Å². The molecule has 0 aromatic carbocycles. The molecule has 1 fully saturated rings. The van der Waals surface area contributed by atoms with Crippen LogP contribution in [0.2, 0.25) is 0 Å². The Bertz CT molecular complexity index is 751. The molecule has 6 nitrogen and oxygen atoms in total. The highest BCUT2D eigenvalue weighted by molar-refractivity contribution is 5.92. The van der Waals surface area contributed by atoms with E-state index in [9.17, 15) is 4.79 Å². The molecule has 0 unspecified atom stereocenters. The summed E-state index contributed by atoms with van der Waals surface area (Å²) in [6.45, 7) is 4.81. The number of nitrogens with zero attached hydrogens (tertiary/aromatic N) is 4. The van der Waals surface area contributed by atoms with Gasteiger partial charge in [0.2, 0.25) is 5.88 Å². The number of amides is 1. The predicted molar refractivity (Wildman–Crippen MR) is 88.8 cm³/mol. The van der Waals surface area contributed by atoms with E-state index in [1.165, 1.54) is 12.8 Å². The first-order chi connectivity index (χ1) is 11.7. The van der Waals surface area contributed by atoms with Crippen molar-refractivity contribution in [2.24, 2.45) is 5.92 Å². The van der Waals surface area contributed by atoms with Crippen molar-refractivity contribution in [1.82, 2.24) is 19.7 Å². The number of hydrogen-bond acceptors (Lipinski definition) is 4. The van der Waals surface area contributed by atoms with E-state index in [1.807, 2.05) is 30.2 Å². The monoisotopic (exact) mass is 326 g/mol. The molecule has 0 bridgehead atoms. The Balaban J connectivity index is 1.43. The van der Waals surface area contributed by atoms with Gasteiger partial charge in [-0.05, 0) is 37.3 Å². The zero-order chi connectivity index (χ0) is 16.5. The molecular weight excluding hydrogens is 304 g/mol. The fourth-order valence-corrected chi connectivity index (χ4v) is 2.95. The van der Waals surface area contributed by atoms with E-state index in [2.05, 4.69) is 10.1 Å². The third-order valence-electron chi connectivity index (χ3n) is 4.66. The van der Waals surface area contributed by atoms with Gasteiger partial charge in [0.1, 0.15) is 5.69 Å². The molecule has 1 saturated carbocycles. The molecule has 4 rings (SSSR count). The van der Waals surface area contributed by atoms with Crippen molar-refractivity contribution in [3.63, 3.8) is 0 Å². The van der Waals surface area contributed by atoms with Gasteiger partial charge in [0, 0.05) is 38.3 Å². The molecule has 2 aliphatic rings. The summed E-state index contributed by atoms with van der Waals surface area (Å²) in [4.78, 5) is 19.1. The van der Waals surface area contributed by atoms with E-state index in [0.717, 1.165) is 36.7 Å². The van der Waals surface area contributed by atoms with Crippen LogP contribution in [-0.2, 0) is 19.5 Å². The SMILES string of the molecule is CCn1ccc(C(=O)N2CCc3nc(OCC4CC4)ccc3C2)n1. The number of aromatic nitrogens is 3. The standard InChI is InChI=1S/C18H22N4O2/c1-2-22-10-8-16(20-22)18(23)21-9-7-15-14(11-21)5-6-17(19-15)24-12-13-3-4-13/h5-6,8,10,13H,2-4,7,9,11-12H2,1H3. The number of carbonyl (C=O) groups excluding carboxylic acids is 1. The third-order valence-corrected chi connectivity index (χ3v) is 4.66. The smallest absolute Gasteiger partial charge is 0.274 e. The third kappa shape index (κ3) is 3.13. The highest BCUT2D eigenvalue weighted by atomic mass is 16.5. The first kappa shape index (κ1) is 15.2. The van der Waals surface area contributed by atoms with Crippen molar-refractivity contribution >= 4 is 5.91 Å². The summed E-state index contributed by atoms with van der Waals surface area (Å²) >= 11 is 0. The minimum Gasteiger partial charge on any atom is -0.477 e. The van der Waals surface area contributed by atoms with E-state index in [0.29, 0.717) is 24.7 Å². The summed E-state index contributed by atoms with van der Waals surface area (Å²) in [6.07, 6.45) is 5.15. The van der Waals surface area contributed by atoms with Crippen LogP contribution >= 0.6 is 0 Å². The van der Waals surface area contributed by atoms with Gasteiger partial charge in [0.05, 0.1) is 12.3 Å². The van der Waals surface area contributed by atoms with Crippen LogP contribution in [0.3, 0.4) is 0 Å². The second kappa shape index (κ2) is 6.26. The maximum Gasteiger partial charge on any atom is 0.274 e. The lowest BCUT2D eigenvalue weighted by Gasteiger charge is -2.27. The molecule has 2 aromatic rings. The van der Waals surface area contributed by atoms with E-state index in [-0.39, 0.29) is 5.91 Å². The molecule has 0 spiro atoms. The molecule has 0 N–H and O–H groups in total. The van der Waals surface area contributed by atoms with Crippen molar-refractivity contribution in [3.8, 4) is 5.88 Å². The van der Waals surface area contributed by atoms with Crippen LogP contribution in [0.1, 0.15) is 41.5 Å². The summed E-state index contributed by atoms with van der Waals surface area (Å²) in [7, 11) is 0. The molecule has 24 heavy (non-hydrogen) atoms. The van der Waals surface area contributed by atoms with E-state index >= 15 is 0 Å². The molecular formula is C18H22N4O2. The number of rotatable bonds is 5. The summed E-state index contributed by atoms with van der Waals surface area (Å²) in [5, 5.41) is 4.31. The zero-order valence-electron chi connectivity index (χ0n) is 13.9. The van der Waals surface area contributed by atoms with Crippen LogP contribution in [0.5, 0.6) is 5.88 Å². The molecule has 1 amide bonds. The first-order valence-electron chi connectivity index (χ1n) is 8.67. The van der Waals surface area contributed by atoms with Crippen molar-refractivity contribution < 1.29 is 9.53 Å². The Hall–Kier alpha value is -2.37. The number of fused-ring (bicyclic) bond motifs is 1. The van der Waals surface area contributed by atoms with Gasteiger partial charge in [-0.1, -0.05) is 6.07 Å². The number of carbonyl (C=O) groups is 1. The molecule has 6 heteroatoms. The maximum absolute atomic E-state index is 12.6. The van der Waals surface area contributed by atoms with Gasteiger partial charge in [-0.2, -0.15) is 5.10 Å². The number of pyridine rings is 1. The van der Waals surface area contributed by atoms with Crippen molar-refractivity contribution in [2.45, 2.75) is 39.3 Å². The van der Waals surface area contributed by atoms with Gasteiger partial charge in [-0.25, -0.2) is 4.98 Å². The molecule has 0 saturated heterocycles. The lowest BCUT2D eigenvalue weighted by molar-refractivity contribution is 0.0726. The van der Waals surface area contributed by atoms with E-state index in [1.54, 1.807) is 10.7 Å². The number of ether oxygens (including phenoxy) is 1. The minimum absolute atomic E-state index is 0.0121. The second-order valence-corrected chi connectivity index (χ2v) is 6.54. The van der Waals surface area contributed by atoms with Crippen LogP contribution in [0, 0.1) is 5.92 Å². The predicted octanol–water partition coefficient (Wildman–Crippen LogP) is 2.29. The average molecular weight is 326 g/mol. The van der Waals surface area contributed by atoms with Crippen LogP contribution in [0.25, 0.3) is 0 Å². The quantitative estimate of drug-likeness (QED) is 0.846. The highest BCUT2D eigenvalue weighted by Crippen LogP contribution is 2.29. The summed E-state index contributed by atoms with van der Waals surface area (Å²) in [6, 6.07) is 5.74. The zero-order valence-corrected chi connectivity index (χ0v) is 13.9. The molecule has 1 aliphatic carbocycles. The Morgan fingerprint density at radius 3 is 2.96 bits per heavy atom. The van der Waals surface area contributed by atoms with Crippen molar-refractivity contribution in [2.75, 3.05) is 13.2 Å². The fourth-order valence-electron chi connectivity index (χ4n) is 2.95. The summed E-state index contributed by atoms with van der Waals surface area (Å²) in [5.74, 6) is 1.42. The Kier molecular flexibility index (Phi) is 3.96. The van der Waals surface area contributed by atoms with Crippen LogP contribution < -0.4 is 4.74 Å². The highest BCUT2D eigenvalue weighted by Gasteiger charge is 2.25. The summed E-state index contributed by atoms with van der Waals surface area (Å²) < 4.78 is 7.52. The molecule has 1 aliphatic heterocycles. The van der Waals surface area contributed by atoms with Gasteiger partial charge in [-0.3, -0.25) is 9.48 Å². The van der Waals surface area contributed by atoms with Crippen molar-refractivity contribution in [3.05, 3.63) is 41.3 Å². The van der Waals surface area contributed by atoms with Gasteiger partial charge < -0.3 is 9.64 Å². The lowest BCUT2D eigenvalue weighted by atomic mass is 10.1. The Morgan fingerprint density at radius 2 is 2.21 bits per heavy atom. The topological polar surface area (TPSA) is 60.2 Å². The van der Waals surface area contributed by atoms with Gasteiger partial charge in [-0.15, -0.1) is 0 Å². The van der Waals surface area contributed by atoms with Crippen LogP contribution in [0.4, 0.5) is 0 Å². The average Bonchev–Trinajstić information content (AvgIpc) is 3.33. The van der Waals surface area contributed by atoms with E-state index in [4.69, 9.17) is 4.74 Å². The largest absolute Gasteiger partial charge is 0.477 e. The van der Waals surface area contributed by atoms with Gasteiger partial charge in [0.25, 0.3) is 5.91 Å². The Morgan fingerprint density at radius 1 is 1.33 bits per heavy atom. The first-order valence-corrected chi connectivity index (χ1v) is 8.67. The van der Waals surface area contributed by atoms with Gasteiger partial charge >= 0.3 is 0 Å². The normalized spacial score (nSPS) is 16.8. The number of hydrogen-bond donors (Lipinski definition) is 0. The molecule has 0 radical (unpaired) electrons. The van der Waals surface area contributed by atoms with Crippen molar-refractivity contribution in [1.29, 1.82) is 0 Å². The summed E-state index contributed by atoms with van der Waals surface area (Å²) in [5.41, 5.74) is 2.66. The molecule has 3 heterocycles. The Labute approximate surface area is 141 Å². The lowest BCUT2D eigenvalue weighted by Crippen LogP contribution is -2.36. The van der Waals surface area contributed by atoms with Crippen LogP contribution in [-0.4, -0.2) is 38.7 Å². The van der Waals surface area contributed by atoms with Crippen LogP contribution in [0.15, 0.2) is 24.4 Å². The maximum atomic E-state index is 12.6.